The number of ether oxygens (including phenoxy) is 1. The van der Waals surface area contributed by atoms with Gasteiger partial charge < -0.3 is 4.74 Å². The van der Waals surface area contributed by atoms with Crippen LogP contribution in [0.3, 0.4) is 0 Å². The Bertz CT molecular complexity index is 588. The summed E-state index contributed by atoms with van der Waals surface area (Å²) >= 11 is 5.60. The Morgan fingerprint density at radius 3 is 2.89 bits per heavy atom. The van der Waals surface area contributed by atoms with Gasteiger partial charge in [-0.3, -0.25) is 0 Å². The first kappa shape index (κ1) is 14.0. The van der Waals surface area contributed by atoms with E-state index in [0.29, 0.717) is 11.9 Å². The second kappa shape index (κ2) is 6.12. The Kier molecular flexibility index (Phi) is 4.75. The lowest BCUT2D eigenvalue weighted by atomic mass is 10.1. The van der Waals surface area contributed by atoms with Crippen molar-refractivity contribution in [2.24, 2.45) is 0 Å². The molecule has 0 aliphatic rings. The first-order chi connectivity index (χ1) is 8.65. The van der Waals surface area contributed by atoms with Gasteiger partial charge in [0.05, 0.1) is 25.2 Å². The number of benzene rings is 1. The molecule has 1 atom stereocenters. The fraction of sp³-hybridized carbons (Fsp3) is 0.0909. The normalized spacial score (nSPS) is 11.1. The van der Waals surface area contributed by atoms with E-state index >= 15 is 0 Å². The molecule has 0 saturated carbocycles. The highest BCUT2D eigenvalue weighted by molar-refractivity contribution is 14.2. The maximum Gasteiger partial charge on any atom is 0.339 e. The second-order valence-corrected chi connectivity index (χ2v) is 6.37. The number of esters is 1. The van der Waals surface area contributed by atoms with Crippen molar-refractivity contribution < 1.29 is 9.53 Å². The molecule has 4 nitrogen and oxygen atoms in total. The van der Waals surface area contributed by atoms with Crippen LogP contribution in [-0.2, 0) is 4.74 Å². The summed E-state index contributed by atoms with van der Waals surface area (Å²) in [6, 6.07) is 5.58. The quantitative estimate of drug-likeness (QED) is 0.415. The molecule has 0 amide bonds. The predicted molar refractivity (Wildman–Crippen MR) is 84.4 cm³/mol. The maximum atomic E-state index is 11.6. The molecular weight excluding hydrogens is 430 g/mol. The number of hydrogen-bond donors (Lipinski definition) is 0. The zero-order valence-corrected chi connectivity index (χ0v) is 14.1. The van der Waals surface area contributed by atoms with Crippen molar-refractivity contribution in [3.05, 3.63) is 40.6 Å². The summed E-state index contributed by atoms with van der Waals surface area (Å²) in [6.07, 6.45) is 4.30. The van der Waals surface area contributed by atoms with Crippen molar-refractivity contribution in [3.63, 3.8) is 0 Å². The van der Waals surface area contributed by atoms with E-state index in [0.717, 1.165) is 15.6 Å². The SMILES string of the molecule is COC(=O)c1cc(-c2cnn(PI)c2)ccc1Br. The molecule has 2 rings (SSSR count). The predicted octanol–water partition coefficient (Wildman–Crippen LogP) is 3.89. The fourth-order valence-electron chi connectivity index (χ4n) is 1.49. The molecule has 0 bridgehead atoms. The van der Waals surface area contributed by atoms with Gasteiger partial charge in [-0.15, -0.1) is 0 Å². The van der Waals surface area contributed by atoms with Crippen LogP contribution >= 0.6 is 44.3 Å². The van der Waals surface area contributed by atoms with Gasteiger partial charge in [-0.2, -0.15) is 5.10 Å². The van der Waals surface area contributed by atoms with Crippen molar-refractivity contribution >= 4 is 50.3 Å². The maximum absolute atomic E-state index is 11.6. The Morgan fingerprint density at radius 2 is 2.28 bits per heavy atom. The average molecular weight is 439 g/mol. The Labute approximate surface area is 128 Å². The van der Waals surface area contributed by atoms with Crippen LogP contribution in [0, 0.1) is 0 Å². The summed E-state index contributed by atoms with van der Waals surface area (Å²) in [4.78, 5) is 11.6. The monoisotopic (exact) mass is 438 g/mol. The molecule has 1 aromatic heterocycles. The molecule has 2 aromatic rings. The van der Waals surface area contributed by atoms with E-state index in [1.807, 2.05) is 22.8 Å². The smallest absolute Gasteiger partial charge is 0.339 e. The van der Waals surface area contributed by atoms with Crippen molar-refractivity contribution in [2.45, 2.75) is 0 Å². The highest BCUT2D eigenvalue weighted by Crippen LogP contribution is 2.29. The average Bonchev–Trinajstić information content (AvgIpc) is 2.87. The summed E-state index contributed by atoms with van der Waals surface area (Å²) in [5.41, 5.74) is 2.44. The number of rotatable bonds is 3. The molecule has 0 saturated heterocycles. The number of nitrogens with zero attached hydrogens (tertiary/aromatic N) is 2. The number of methoxy groups -OCH3 is 1. The van der Waals surface area contributed by atoms with Gasteiger partial charge in [0.1, 0.15) is 0 Å². The van der Waals surface area contributed by atoms with Crippen LogP contribution in [0.1, 0.15) is 10.4 Å². The number of carbonyl (C=O) groups excluding carboxylic acids is 1. The molecular formula is C11H9BrIN2O2P. The minimum Gasteiger partial charge on any atom is -0.465 e. The van der Waals surface area contributed by atoms with Crippen LogP contribution in [0.5, 0.6) is 0 Å². The molecule has 0 N–H and O–H groups in total. The van der Waals surface area contributed by atoms with Gasteiger partial charge in [-0.05, 0) is 55.7 Å². The molecule has 0 radical (unpaired) electrons. The third-order valence-corrected chi connectivity index (χ3v) is 4.97. The van der Waals surface area contributed by atoms with Gasteiger partial charge in [0.2, 0.25) is 0 Å². The van der Waals surface area contributed by atoms with E-state index in [2.05, 4.69) is 43.1 Å². The minimum atomic E-state index is -0.355. The second-order valence-electron chi connectivity index (χ2n) is 3.44. The van der Waals surface area contributed by atoms with Crippen LogP contribution < -0.4 is 0 Å². The first-order valence-corrected chi connectivity index (χ1v) is 9.80. The largest absolute Gasteiger partial charge is 0.465 e. The molecule has 0 fully saturated rings. The van der Waals surface area contributed by atoms with Crippen molar-refractivity contribution in [1.82, 2.24) is 9.55 Å². The molecule has 0 aliphatic heterocycles. The highest BCUT2D eigenvalue weighted by Gasteiger charge is 2.12. The molecule has 7 heteroatoms. The van der Waals surface area contributed by atoms with Crippen LogP contribution in [-0.4, -0.2) is 22.6 Å². The van der Waals surface area contributed by atoms with Gasteiger partial charge in [0, 0.05) is 16.2 Å². The van der Waals surface area contributed by atoms with Gasteiger partial charge >= 0.3 is 5.97 Å². The fourth-order valence-corrected chi connectivity index (χ4v) is 2.98. The van der Waals surface area contributed by atoms with Crippen LogP contribution in [0.25, 0.3) is 11.1 Å². The van der Waals surface area contributed by atoms with Gasteiger partial charge in [0.25, 0.3) is 0 Å². The summed E-state index contributed by atoms with van der Waals surface area (Å²) < 4.78 is 7.33. The standard InChI is InChI=1S/C11H9BrIN2O2P/c1-17-11(16)9-4-7(2-3-10(9)12)8-5-14-15(6-8)18-13/h2-6,18H,1H3. The Morgan fingerprint density at radius 1 is 1.50 bits per heavy atom. The molecule has 0 aliphatic carbocycles. The lowest BCUT2D eigenvalue weighted by molar-refractivity contribution is 0.0600. The molecule has 18 heavy (non-hydrogen) atoms. The van der Waals surface area contributed by atoms with Crippen molar-refractivity contribution in [1.29, 1.82) is 0 Å². The summed E-state index contributed by atoms with van der Waals surface area (Å²) in [7, 11) is 1.37. The number of carbonyl (C=O) groups is 1. The van der Waals surface area contributed by atoms with Gasteiger partial charge in [0.15, 0.2) is 0 Å². The number of halogens is 2. The van der Waals surface area contributed by atoms with E-state index in [4.69, 9.17) is 4.74 Å². The van der Waals surface area contributed by atoms with Crippen molar-refractivity contribution in [3.8, 4) is 11.1 Å². The topological polar surface area (TPSA) is 44.1 Å². The summed E-state index contributed by atoms with van der Waals surface area (Å²) in [6.45, 7) is 0. The third kappa shape index (κ3) is 2.92. The lowest BCUT2D eigenvalue weighted by Gasteiger charge is -2.04. The van der Waals surface area contributed by atoms with E-state index in [9.17, 15) is 4.79 Å². The number of aromatic nitrogens is 2. The van der Waals surface area contributed by atoms with Crippen LogP contribution in [0.4, 0.5) is 0 Å². The summed E-state index contributed by atoms with van der Waals surface area (Å²) in [5.74, 6) is -0.355. The zero-order valence-electron chi connectivity index (χ0n) is 9.35. The van der Waals surface area contributed by atoms with E-state index in [-0.39, 0.29) is 5.97 Å². The third-order valence-electron chi connectivity index (χ3n) is 2.37. The zero-order chi connectivity index (χ0) is 13.1. The van der Waals surface area contributed by atoms with Gasteiger partial charge in [-0.1, -0.05) is 6.07 Å². The van der Waals surface area contributed by atoms with Gasteiger partial charge in [-0.25, -0.2) is 9.25 Å². The molecule has 1 unspecified atom stereocenters. The molecule has 0 spiro atoms. The summed E-state index contributed by atoms with van der Waals surface area (Å²) in [5, 5.41) is 4.22. The molecule has 1 heterocycles. The van der Waals surface area contributed by atoms with Crippen molar-refractivity contribution in [2.75, 3.05) is 7.11 Å². The minimum absolute atomic E-state index is 0.355. The molecule has 1 aromatic carbocycles. The van der Waals surface area contributed by atoms with E-state index in [1.54, 1.807) is 12.3 Å². The van der Waals surface area contributed by atoms with Crippen LogP contribution in [0.15, 0.2) is 35.1 Å². The Hall–Kier alpha value is -0.460. The first-order valence-electron chi connectivity index (χ1n) is 4.95. The van der Waals surface area contributed by atoms with E-state index in [1.165, 1.54) is 7.11 Å². The lowest BCUT2D eigenvalue weighted by Crippen LogP contribution is -2.02. The molecule has 94 valence electrons. The number of hydrogen-bond acceptors (Lipinski definition) is 3. The highest BCUT2D eigenvalue weighted by atomic mass is 127. The Balaban J connectivity index is 2.43. The van der Waals surface area contributed by atoms with Crippen LogP contribution in [0.2, 0.25) is 0 Å². The van der Waals surface area contributed by atoms with E-state index < -0.39 is 0 Å².